The van der Waals surface area contributed by atoms with E-state index in [1.165, 1.54) is 27.4 Å². The lowest BCUT2D eigenvalue weighted by Crippen LogP contribution is -2.02. The molecule has 0 spiro atoms. The van der Waals surface area contributed by atoms with Crippen molar-refractivity contribution in [3.05, 3.63) is 46.0 Å². The largest absolute Gasteiger partial charge is 0.493 e. The lowest BCUT2D eigenvalue weighted by molar-refractivity contribution is -0.390. The first kappa shape index (κ1) is 19.9. The fourth-order valence-corrected chi connectivity index (χ4v) is 2.55. The third-order valence-electron chi connectivity index (χ3n) is 3.88. The number of nitro groups is 1. The van der Waals surface area contributed by atoms with E-state index in [0.29, 0.717) is 28.5 Å². The molecular formula is C18H18N4O7. The Morgan fingerprint density at radius 3 is 2.31 bits per heavy atom. The second-order valence-corrected chi connectivity index (χ2v) is 5.74. The van der Waals surface area contributed by atoms with Crippen molar-refractivity contribution in [3.63, 3.8) is 0 Å². The number of benzene rings is 1. The standard InChI is InChI=1S/C18H18N4O7/c1-10-5-6-12(17(19-10)22(23)24)28-9-15-20-21-18(29-15)11-7-13(25-2)16(27-4)14(8-11)26-3/h5-8H,9H2,1-4H3. The van der Waals surface area contributed by atoms with Crippen LogP contribution >= 0.6 is 0 Å². The van der Waals surface area contributed by atoms with Crippen LogP contribution in [0.3, 0.4) is 0 Å². The van der Waals surface area contributed by atoms with Gasteiger partial charge in [-0.1, -0.05) is 0 Å². The number of hydrogen-bond donors (Lipinski definition) is 0. The molecule has 11 nitrogen and oxygen atoms in total. The number of pyridine rings is 1. The zero-order chi connectivity index (χ0) is 21.0. The summed E-state index contributed by atoms with van der Waals surface area (Å²) in [5.74, 6) is 1.24. The van der Waals surface area contributed by atoms with Gasteiger partial charge in [0.2, 0.25) is 17.4 Å². The molecule has 0 bridgehead atoms. The van der Waals surface area contributed by atoms with Crippen LogP contribution in [0.15, 0.2) is 28.7 Å². The fourth-order valence-electron chi connectivity index (χ4n) is 2.55. The van der Waals surface area contributed by atoms with Crippen molar-refractivity contribution in [1.29, 1.82) is 0 Å². The first-order valence-electron chi connectivity index (χ1n) is 8.34. The van der Waals surface area contributed by atoms with E-state index >= 15 is 0 Å². The molecule has 0 aliphatic carbocycles. The molecule has 3 aromatic rings. The summed E-state index contributed by atoms with van der Waals surface area (Å²) < 4.78 is 26.9. The van der Waals surface area contributed by atoms with Gasteiger partial charge in [-0.05, 0) is 34.2 Å². The van der Waals surface area contributed by atoms with Crippen LogP contribution in [0.5, 0.6) is 23.0 Å². The van der Waals surface area contributed by atoms with E-state index < -0.39 is 4.92 Å². The molecule has 0 fully saturated rings. The Hall–Kier alpha value is -3.89. The summed E-state index contributed by atoms with van der Waals surface area (Å²) in [6.07, 6.45) is 0. The SMILES string of the molecule is COc1cc(-c2nnc(COc3ccc(C)nc3[N+](=O)[O-])o2)cc(OC)c1OC. The first-order chi connectivity index (χ1) is 14.0. The highest BCUT2D eigenvalue weighted by molar-refractivity contribution is 5.65. The molecule has 152 valence electrons. The van der Waals surface area contributed by atoms with Crippen molar-refractivity contribution in [2.75, 3.05) is 21.3 Å². The van der Waals surface area contributed by atoms with Crippen molar-refractivity contribution in [2.24, 2.45) is 0 Å². The molecule has 2 aromatic heterocycles. The second kappa shape index (κ2) is 8.42. The minimum Gasteiger partial charge on any atom is -0.493 e. The number of aromatic nitrogens is 3. The molecule has 11 heteroatoms. The van der Waals surface area contributed by atoms with Gasteiger partial charge in [-0.25, -0.2) is 0 Å². The van der Waals surface area contributed by atoms with Crippen LogP contribution in [0.2, 0.25) is 0 Å². The second-order valence-electron chi connectivity index (χ2n) is 5.74. The number of aryl methyl sites for hydroxylation is 1. The maximum atomic E-state index is 11.1. The van der Waals surface area contributed by atoms with Crippen LogP contribution < -0.4 is 18.9 Å². The highest BCUT2D eigenvalue weighted by atomic mass is 16.6. The Kier molecular flexibility index (Phi) is 5.77. The Labute approximate surface area is 165 Å². The molecule has 0 aliphatic heterocycles. The van der Waals surface area contributed by atoms with Gasteiger partial charge in [0.05, 0.1) is 21.3 Å². The zero-order valence-corrected chi connectivity index (χ0v) is 16.2. The van der Waals surface area contributed by atoms with E-state index in [1.807, 2.05) is 0 Å². The van der Waals surface area contributed by atoms with E-state index in [4.69, 9.17) is 23.4 Å². The average molecular weight is 402 g/mol. The molecule has 1 aromatic carbocycles. The highest BCUT2D eigenvalue weighted by Gasteiger charge is 2.20. The van der Waals surface area contributed by atoms with Crippen LogP contribution in [0.4, 0.5) is 5.82 Å². The number of nitrogens with zero attached hydrogens (tertiary/aromatic N) is 4. The van der Waals surface area contributed by atoms with Crippen LogP contribution in [-0.2, 0) is 6.61 Å². The number of methoxy groups -OCH3 is 3. The first-order valence-corrected chi connectivity index (χ1v) is 8.34. The van der Waals surface area contributed by atoms with Gasteiger partial charge in [0, 0.05) is 12.5 Å². The molecule has 0 saturated carbocycles. The smallest absolute Gasteiger partial charge is 0.406 e. The summed E-state index contributed by atoms with van der Waals surface area (Å²) in [5, 5.41) is 19.0. The van der Waals surface area contributed by atoms with Crippen molar-refractivity contribution in [3.8, 4) is 34.5 Å². The lowest BCUT2D eigenvalue weighted by Gasteiger charge is -2.12. The van der Waals surface area contributed by atoms with Gasteiger partial charge < -0.3 is 33.5 Å². The van der Waals surface area contributed by atoms with E-state index in [-0.39, 0.29) is 30.0 Å². The molecule has 0 N–H and O–H groups in total. The van der Waals surface area contributed by atoms with Crippen molar-refractivity contribution in [1.82, 2.24) is 15.2 Å². The Morgan fingerprint density at radius 2 is 1.72 bits per heavy atom. The molecule has 0 saturated heterocycles. The Morgan fingerprint density at radius 1 is 1.03 bits per heavy atom. The summed E-state index contributed by atoms with van der Waals surface area (Å²) >= 11 is 0. The molecule has 29 heavy (non-hydrogen) atoms. The number of hydrogen-bond acceptors (Lipinski definition) is 10. The monoisotopic (exact) mass is 402 g/mol. The summed E-state index contributed by atoms with van der Waals surface area (Å²) in [6, 6.07) is 6.40. The van der Waals surface area contributed by atoms with Gasteiger partial charge in [-0.2, -0.15) is 0 Å². The normalized spacial score (nSPS) is 10.5. The van der Waals surface area contributed by atoms with Gasteiger partial charge in [-0.15, -0.1) is 10.2 Å². The predicted octanol–water partition coefficient (Wildman–Crippen LogP) is 2.95. The Bertz CT molecular complexity index is 1010. The third-order valence-corrected chi connectivity index (χ3v) is 3.88. The van der Waals surface area contributed by atoms with Crippen LogP contribution in [-0.4, -0.2) is 41.4 Å². The summed E-state index contributed by atoms with van der Waals surface area (Å²) in [4.78, 5) is 14.4. The van der Waals surface area contributed by atoms with Crippen molar-refractivity contribution >= 4 is 5.82 Å². The number of ether oxygens (including phenoxy) is 4. The quantitative estimate of drug-likeness (QED) is 0.409. The average Bonchev–Trinajstić information content (AvgIpc) is 3.20. The van der Waals surface area contributed by atoms with Crippen LogP contribution in [0.1, 0.15) is 11.6 Å². The van der Waals surface area contributed by atoms with Crippen LogP contribution in [0, 0.1) is 17.0 Å². The third kappa shape index (κ3) is 4.18. The fraction of sp³-hybridized carbons (Fsp3) is 0.278. The molecule has 0 atom stereocenters. The van der Waals surface area contributed by atoms with Crippen LogP contribution in [0.25, 0.3) is 11.5 Å². The van der Waals surface area contributed by atoms with Crippen molar-refractivity contribution in [2.45, 2.75) is 13.5 Å². The van der Waals surface area contributed by atoms with Gasteiger partial charge in [0.25, 0.3) is 5.89 Å². The lowest BCUT2D eigenvalue weighted by atomic mass is 10.2. The van der Waals surface area contributed by atoms with E-state index in [9.17, 15) is 10.1 Å². The maximum Gasteiger partial charge on any atom is 0.406 e. The highest BCUT2D eigenvalue weighted by Crippen LogP contribution is 2.40. The van der Waals surface area contributed by atoms with Gasteiger partial charge in [0.1, 0.15) is 5.69 Å². The van der Waals surface area contributed by atoms with E-state index in [1.54, 1.807) is 25.1 Å². The molecule has 0 unspecified atom stereocenters. The molecule has 0 radical (unpaired) electrons. The van der Waals surface area contributed by atoms with E-state index in [2.05, 4.69) is 15.2 Å². The maximum absolute atomic E-state index is 11.1. The number of rotatable bonds is 8. The molecule has 0 amide bonds. The predicted molar refractivity (Wildman–Crippen MR) is 99.4 cm³/mol. The van der Waals surface area contributed by atoms with Gasteiger partial charge >= 0.3 is 5.82 Å². The van der Waals surface area contributed by atoms with Crippen molar-refractivity contribution < 1.29 is 28.3 Å². The summed E-state index contributed by atoms with van der Waals surface area (Å²) in [7, 11) is 4.49. The van der Waals surface area contributed by atoms with E-state index in [0.717, 1.165) is 0 Å². The minimum atomic E-state index is -0.614. The molecule has 3 rings (SSSR count). The summed E-state index contributed by atoms with van der Waals surface area (Å²) in [5.41, 5.74) is 1.05. The Balaban J connectivity index is 1.83. The molecule has 0 aliphatic rings. The summed E-state index contributed by atoms with van der Waals surface area (Å²) in [6.45, 7) is 1.49. The van der Waals surface area contributed by atoms with Gasteiger partial charge in [-0.3, -0.25) is 0 Å². The molecular weight excluding hydrogens is 384 g/mol. The zero-order valence-electron chi connectivity index (χ0n) is 16.2. The van der Waals surface area contributed by atoms with Gasteiger partial charge in [0.15, 0.2) is 18.1 Å². The molecule has 2 heterocycles. The minimum absolute atomic E-state index is 0.00753. The topological polar surface area (TPSA) is 132 Å².